The summed E-state index contributed by atoms with van der Waals surface area (Å²) in [6.45, 7) is 0. The lowest BCUT2D eigenvalue weighted by Gasteiger charge is -2.09. The van der Waals surface area contributed by atoms with E-state index in [-0.39, 0.29) is 4.99 Å². The molecule has 1 aromatic heterocycles. The van der Waals surface area contributed by atoms with Crippen LogP contribution in [0.3, 0.4) is 0 Å². The predicted octanol–water partition coefficient (Wildman–Crippen LogP) is 2.99. The van der Waals surface area contributed by atoms with Gasteiger partial charge in [0.2, 0.25) is 0 Å². The maximum Gasteiger partial charge on any atom is 0.324 e. The molecule has 0 saturated heterocycles. The molecule has 1 heterocycles. The molecule has 0 fully saturated rings. The van der Waals surface area contributed by atoms with E-state index in [4.69, 9.17) is 41.2 Å². The molecule has 0 unspecified atom stereocenters. The number of rotatable bonds is 3. The monoisotopic (exact) mass is 329 g/mol. The van der Waals surface area contributed by atoms with E-state index in [0.29, 0.717) is 27.1 Å². The Bertz CT molecular complexity index is 673. The van der Waals surface area contributed by atoms with E-state index in [0.717, 1.165) is 0 Å². The zero-order chi connectivity index (χ0) is 14.7. The first-order valence-corrected chi connectivity index (χ1v) is 6.50. The van der Waals surface area contributed by atoms with Crippen LogP contribution in [0.4, 0.5) is 16.3 Å². The third-order valence-corrected chi connectivity index (χ3v) is 3.10. The van der Waals surface area contributed by atoms with Crippen LogP contribution in [0.25, 0.3) is 0 Å². The second-order valence-corrected chi connectivity index (χ2v) is 5.01. The summed E-state index contributed by atoms with van der Waals surface area (Å²) in [5, 5.41) is 12.2. The topological polar surface area (TPSA) is 95.8 Å². The van der Waals surface area contributed by atoms with Gasteiger partial charge in [-0.1, -0.05) is 35.4 Å². The van der Waals surface area contributed by atoms with Crippen LogP contribution in [-0.4, -0.2) is 21.2 Å². The highest BCUT2D eigenvalue weighted by Crippen LogP contribution is 2.25. The Morgan fingerprint density at radius 1 is 1.35 bits per heavy atom. The van der Waals surface area contributed by atoms with Crippen molar-refractivity contribution in [2.75, 3.05) is 10.6 Å². The number of carbonyl (C=O) groups excluding carboxylic acids is 1. The minimum atomic E-state index is -0.532. The highest BCUT2D eigenvalue weighted by Gasteiger charge is 2.12. The number of nitrogens with zero attached hydrogens (tertiary/aromatic N) is 1. The summed E-state index contributed by atoms with van der Waals surface area (Å²) in [7, 11) is 0. The van der Waals surface area contributed by atoms with Crippen LogP contribution in [-0.2, 0) is 0 Å². The number of hydrogen-bond acceptors (Lipinski definition) is 3. The number of H-pyrrole nitrogens is 1. The van der Waals surface area contributed by atoms with Crippen molar-refractivity contribution in [1.29, 1.82) is 0 Å². The Hall–Kier alpha value is -1.83. The van der Waals surface area contributed by atoms with E-state index >= 15 is 0 Å². The Kier molecular flexibility index (Phi) is 4.43. The summed E-state index contributed by atoms with van der Waals surface area (Å²) in [6.07, 6.45) is 1.42. The molecule has 0 aliphatic rings. The van der Waals surface area contributed by atoms with Gasteiger partial charge in [0.15, 0.2) is 0 Å². The van der Waals surface area contributed by atoms with Crippen molar-refractivity contribution in [3.63, 3.8) is 0 Å². The van der Waals surface area contributed by atoms with Crippen molar-refractivity contribution >= 4 is 57.9 Å². The van der Waals surface area contributed by atoms with Crippen LogP contribution < -0.4 is 16.4 Å². The van der Waals surface area contributed by atoms with Crippen LogP contribution >= 0.6 is 35.4 Å². The molecule has 0 aliphatic carbocycles. The second kappa shape index (κ2) is 6.08. The molecule has 104 valence electrons. The molecular formula is C11H9Cl2N5OS. The van der Waals surface area contributed by atoms with E-state index in [1.54, 1.807) is 12.1 Å². The number of urea groups is 1. The molecule has 9 heteroatoms. The van der Waals surface area contributed by atoms with E-state index in [1.165, 1.54) is 12.3 Å². The minimum absolute atomic E-state index is 0.120. The maximum atomic E-state index is 11.9. The van der Waals surface area contributed by atoms with Gasteiger partial charge in [-0.25, -0.2) is 4.79 Å². The Labute approximate surface area is 129 Å². The summed E-state index contributed by atoms with van der Waals surface area (Å²) >= 11 is 16.6. The first-order chi connectivity index (χ1) is 9.47. The van der Waals surface area contributed by atoms with Gasteiger partial charge in [0, 0.05) is 5.02 Å². The first kappa shape index (κ1) is 14.6. The smallest absolute Gasteiger partial charge is 0.324 e. The highest BCUT2D eigenvalue weighted by atomic mass is 35.5. The molecule has 1 aromatic carbocycles. The van der Waals surface area contributed by atoms with Crippen molar-refractivity contribution in [2.45, 2.75) is 0 Å². The van der Waals surface area contributed by atoms with Gasteiger partial charge in [0.25, 0.3) is 0 Å². The number of amides is 2. The lowest BCUT2D eigenvalue weighted by Crippen LogP contribution is -2.22. The number of anilines is 2. The van der Waals surface area contributed by atoms with Gasteiger partial charge in [0.1, 0.15) is 10.8 Å². The Morgan fingerprint density at radius 3 is 2.80 bits per heavy atom. The van der Waals surface area contributed by atoms with Crippen LogP contribution in [0.2, 0.25) is 10.0 Å². The van der Waals surface area contributed by atoms with Crippen LogP contribution in [0.1, 0.15) is 5.56 Å². The molecule has 0 bridgehead atoms. The summed E-state index contributed by atoms with van der Waals surface area (Å²) in [6, 6.07) is 4.20. The number of aromatic amines is 1. The molecule has 2 rings (SSSR count). The summed E-state index contributed by atoms with van der Waals surface area (Å²) in [5.74, 6) is 0.299. The number of thiocarbonyl (C=S) groups is 1. The van der Waals surface area contributed by atoms with Crippen molar-refractivity contribution in [2.24, 2.45) is 5.73 Å². The van der Waals surface area contributed by atoms with E-state index in [1.807, 2.05) is 0 Å². The summed E-state index contributed by atoms with van der Waals surface area (Å²) < 4.78 is 0. The van der Waals surface area contributed by atoms with Gasteiger partial charge >= 0.3 is 6.03 Å². The number of nitrogens with two attached hydrogens (primary N) is 1. The molecule has 0 aliphatic heterocycles. The fraction of sp³-hybridized carbons (Fsp3) is 0. The quantitative estimate of drug-likeness (QED) is 0.651. The van der Waals surface area contributed by atoms with Gasteiger partial charge in [-0.05, 0) is 18.2 Å². The molecule has 2 aromatic rings. The largest absolute Gasteiger partial charge is 0.389 e. The summed E-state index contributed by atoms with van der Waals surface area (Å²) in [5.41, 5.74) is 6.31. The molecule has 6 nitrogen and oxygen atoms in total. The number of benzene rings is 1. The number of aromatic nitrogens is 2. The number of nitrogens with one attached hydrogen (secondary N) is 3. The zero-order valence-electron chi connectivity index (χ0n) is 9.91. The number of halogens is 2. The number of carbonyl (C=O) groups is 1. The van der Waals surface area contributed by atoms with E-state index < -0.39 is 6.03 Å². The normalized spacial score (nSPS) is 10.1. The van der Waals surface area contributed by atoms with E-state index in [2.05, 4.69) is 20.8 Å². The fourth-order valence-corrected chi connectivity index (χ4v) is 1.92. The van der Waals surface area contributed by atoms with Crippen LogP contribution in [0.5, 0.6) is 0 Å². The molecule has 2 amide bonds. The molecule has 5 N–H and O–H groups in total. The van der Waals surface area contributed by atoms with E-state index in [9.17, 15) is 4.79 Å². The molecule has 0 spiro atoms. The zero-order valence-corrected chi connectivity index (χ0v) is 12.2. The SMILES string of the molecule is NC(=S)c1cn[nH]c1NC(=O)Nc1cc(Cl)ccc1Cl. The van der Waals surface area contributed by atoms with Crippen molar-refractivity contribution in [3.05, 3.63) is 40.0 Å². The summed E-state index contributed by atoms with van der Waals surface area (Å²) in [4.78, 5) is 12.0. The molecule has 0 radical (unpaired) electrons. The highest BCUT2D eigenvalue weighted by molar-refractivity contribution is 7.80. The molecule has 20 heavy (non-hydrogen) atoms. The standard InChI is InChI=1S/C11H9Cl2N5OS/c12-5-1-2-7(13)8(3-5)16-11(19)17-10-6(9(14)20)4-15-18-10/h1-4H,(H2,14,20)(H3,15,16,17,18,19). The van der Waals surface area contributed by atoms with Crippen molar-refractivity contribution < 1.29 is 4.79 Å². The van der Waals surface area contributed by atoms with Crippen LogP contribution in [0, 0.1) is 0 Å². The van der Waals surface area contributed by atoms with Crippen LogP contribution in [0.15, 0.2) is 24.4 Å². The average molecular weight is 330 g/mol. The Balaban J connectivity index is 2.11. The van der Waals surface area contributed by atoms with Crippen molar-refractivity contribution in [1.82, 2.24) is 10.2 Å². The number of hydrogen-bond donors (Lipinski definition) is 4. The Morgan fingerprint density at radius 2 is 2.10 bits per heavy atom. The van der Waals surface area contributed by atoms with Crippen molar-refractivity contribution in [3.8, 4) is 0 Å². The van der Waals surface area contributed by atoms with Gasteiger partial charge in [0.05, 0.1) is 22.5 Å². The van der Waals surface area contributed by atoms with Gasteiger partial charge < -0.3 is 11.1 Å². The molecular weight excluding hydrogens is 321 g/mol. The lowest BCUT2D eigenvalue weighted by atomic mass is 10.3. The van der Waals surface area contributed by atoms with Gasteiger partial charge in [-0.15, -0.1) is 0 Å². The minimum Gasteiger partial charge on any atom is -0.389 e. The second-order valence-electron chi connectivity index (χ2n) is 3.73. The average Bonchev–Trinajstić information content (AvgIpc) is 2.82. The molecule has 0 saturated carbocycles. The van der Waals surface area contributed by atoms with Gasteiger partial charge in [-0.3, -0.25) is 10.4 Å². The third kappa shape index (κ3) is 3.38. The fourth-order valence-electron chi connectivity index (χ4n) is 1.43. The third-order valence-electron chi connectivity index (χ3n) is 2.32. The molecule has 0 atom stereocenters. The maximum absolute atomic E-state index is 11.9. The first-order valence-electron chi connectivity index (χ1n) is 5.33. The lowest BCUT2D eigenvalue weighted by molar-refractivity contribution is 0.262. The predicted molar refractivity (Wildman–Crippen MR) is 83.6 cm³/mol. The van der Waals surface area contributed by atoms with Gasteiger partial charge in [-0.2, -0.15) is 5.10 Å².